The van der Waals surface area contributed by atoms with Crippen molar-refractivity contribution < 1.29 is 22.4 Å². The molecule has 0 fully saturated rings. The minimum atomic E-state index is -4.09. The Balaban J connectivity index is 1.97. The number of ether oxygens (including phenoxy) is 1. The van der Waals surface area contributed by atoms with Gasteiger partial charge < -0.3 is 9.15 Å². The molecule has 1 heterocycles. The molecule has 0 unspecified atom stereocenters. The molecule has 172 valence electrons. The number of aryl methyl sites for hydroxylation is 1. The maximum Gasteiger partial charge on any atom is 0.342 e. The Morgan fingerprint density at radius 1 is 1.03 bits per heavy atom. The summed E-state index contributed by atoms with van der Waals surface area (Å²) in [4.78, 5) is 12.7. The van der Waals surface area contributed by atoms with E-state index < -0.39 is 16.0 Å². The van der Waals surface area contributed by atoms with Gasteiger partial charge in [-0.3, -0.25) is 4.72 Å². The third-order valence-electron chi connectivity index (χ3n) is 5.15. The summed E-state index contributed by atoms with van der Waals surface area (Å²) in [6.07, 6.45) is 1.30. The van der Waals surface area contributed by atoms with Gasteiger partial charge in [0.1, 0.15) is 21.8 Å². The molecule has 0 atom stereocenters. The van der Waals surface area contributed by atoms with Gasteiger partial charge in [0.15, 0.2) is 0 Å². The largest absolute Gasteiger partial charge is 0.462 e. The topological polar surface area (TPSA) is 85.6 Å². The van der Waals surface area contributed by atoms with Gasteiger partial charge in [-0.15, -0.1) is 0 Å². The monoisotopic (exact) mass is 505 g/mol. The van der Waals surface area contributed by atoms with Crippen LogP contribution in [-0.4, -0.2) is 21.0 Å². The van der Waals surface area contributed by atoms with Crippen LogP contribution in [0, 0.1) is 0 Å². The summed E-state index contributed by atoms with van der Waals surface area (Å²) < 4.78 is 40.4. The Hall–Kier alpha value is -2.74. The zero-order chi connectivity index (χ0) is 23.8. The molecule has 0 amide bonds. The number of hydrogen-bond donors (Lipinski definition) is 1. The average molecular weight is 506 g/mol. The Bertz CT molecular complexity index is 1480. The highest BCUT2D eigenvalue weighted by Crippen LogP contribution is 2.39. The minimum absolute atomic E-state index is 0.0399. The number of halogens is 2. The molecule has 0 spiro atoms. The van der Waals surface area contributed by atoms with Crippen molar-refractivity contribution in [3.63, 3.8) is 0 Å². The number of fused-ring (bicyclic) bond motifs is 3. The summed E-state index contributed by atoms with van der Waals surface area (Å²) in [7, 11) is -4.09. The van der Waals surface area contributed by atoms with E-state index in [4.69, 9.17) is 32.4 Å². The number of hydrogen-bond acceptors (Lipinski definition) is 5. The zero-order valence-electron chi connectivity index (χ0n) is 17.9. The van der Waals surface area contributed by atoms with Crippen molar-refractivity contribution in [2.24, 2.45) is 0 Å². The van der Waals surface area contributed by atoms with Gasteiger partial charge in [-0.05, 0) is 37.6 Å². The van der Waals surface area contributed by atoms with Gasteiger partial charge in [-0.25, -0.2) is 13.2 Å². The Morgan fingerprint density at radius 3 is 2.45 bits per heavy atom. The number of carbonyl (C=O) groups is 1. The molecule has 0 saturated heterocycles. The number of benzene rings is 3. The third kappa shape index (κ3) is 4.40. The number of anilines is 1. The highest BCUT2D eigenvalue weighted by Gasteiger charge is 2.26. The molecular formula is C24H21Cl2NO5S. The van der Waals surface area contributed by atoms with Crippen molar-refractivity contribution >= 4 is 66.6 Å². The van der Waals surface area contributed by atoms with E-state index in [-0.39, 0.29) is 27.2 Å². The standard InChI is InChI=1S/C24H21Cl2NO5S/c1-3-7-20-22(24(28)31-4-2)17-13-19(15-8-5-6-9-16(15)23(17)32-20)27-33(29,30)21-12-14(25)10-11-18(21)26/h5-6,8-13,27H,3-4,7H2,1-2H3. The van der Waals surface area contributed by atoms with E-state index in [2.05, 4.69) is 4.72 Å². The number of rotatable bonds is 7. The van der Waals surface area contributed by atoms with Crippen LogP contribution in [-0.2, 0) is 21.2 Å². The van der Waals surface area contributed by atoms with Crippen molar-refractivity contribution in [2.45, 2.75) is 31.6 Å². The van der Waals surface area contributed by atoms with Crippen LogP contribution in [0.2, 0.25) is 10.0 Å². The molecule has 0 radical (unpaired) electrons. The highest BCUT2D eigenvalue weighted by molar-refractivity contribution is 7.92. The molecule has 1 N–H and O–H groups in total. The Kier molecular flexibility index (Phi) is 6.56. The van der Waals surface area contributed by atoms with Gasteiger partial charge in [-0.2, -0.15) is 0 Å². The fourth-order valence-electron chi connectivity index (χ4n) is 3.77. The average Bonchev–Trinajstić information content (AvgIpc) is 3.14. The van der Waals surface area contributed by atoms with E-state index in [0.29, 0.717) is 39.5 Å². The molecule has 4 rings (SSSR count). The smallest absolute Gasteiger partial charge is 0.342 e. The molecule has 4 aromatic rings. The molecule has 0 aliphatic carbocycles. The predicted molar refractivity (Wildman–Crippen MR) is 131 cm³/mol. The SMILES string of the molecule is CCCc1oc2c(cc(NS(=O)(=O)c3cc(Cl)ccc3Cl)c3ccccc32)c1C(=O)OCC. The van der Waals surface area contributed by atoms with E-state index in [1.54, 1.807) is 25.1 Å². The minimum Gasteiger partial charge on any atom is -0.462 e. The van der Waals surface area contributed by atoms with Gasteiger partial charge in [0, 0.05) is 27.6 Å². The lowest BCUT2D eigenvalue weighted by atomic mass is 10.0. The Labute approximate surface area is 201 Å². The summed E-state index contributed by atoms with van der Waals surface area (Å²) in [6.45, 7) is 3.91. The molecule has 33 heavy (non-hydrogen) atoms. The van der Waals surface area contributed by atoms with E-state index in [1.165, 1.54) is 18.2 Å². The third-order valence-corrected chi connectivity index (χ3v) is 7.23. The van der Waals surface area contributed by atoms with Crippen LogP contribution < -0.4 is 4.72 Å². The van der Waals surface area contributed by atoms with Crippen LogP contribution in [0.3, 0.4) is 0 Å². The summed E-state index contributed by atoms with van der Waals surface area (Å²) in [5.41, 5.74) is 1.09. The maximum absolute atomic E-state index is 13.2. The molecule has 6 nitrogen and oxygen atoms in total. The van der Waals surface area contributed by atoms with Gasteiger partial charge in [0.25, 0.3) is 10.0 Å². The molecule has 0 saturated carbocycles. The number of furan rings is 1. The molecular weight excluding hydrogens is 485 g/mol. The quantitative estimate of drug-likeness (QED) is 0.278. The molecule has 0 aliphatic heterocycles. The predicted octanol–water partition coefficient (Wildman–Crippen LogP) is 6.82. The van der Waals surface area contributed by atoms with E-state index >= 15 is 0 Å². The van der Waals surface area contributed by atoms with Crippen molar-refractivity contribution in [2.75, 3.05) is 11.3 Å². The number of carbonyl (C=O) groups excluding carboxylic acids is 1. The van der Waals surface area contributed by atoms with Crippen molar-refractivity contribution in [1.29, 1.82) is 0 Å². The fourth-order valence-corrected chi connectivity index (χ4v) is 5.60. The van der Waals surface area contributed by atoms with Crippen LogP contribution in [0.4, 0.5) is 5.69 Å². The summed E-state index contributed by atoms with van der Waals surface area (Å²) in [5, 5.41) is 2.03. The number of sulfonamides is 1. The second-order valence-corrected chi connectivity index (χ2v) is 9.89. The summed E-state index contributed by atoms with van der Waals surface area (Å²) in [6, 6.07) is 13.0. The lowest BCUT2D eigenvalue weighted by Gasteiger charge is -2.13. The zero-order valence-corrected chi connectivity index (χ0v) is 20.3. The van der Waals surface area contributed by atoms with Gasteiger partial charge in [-0.1, -0.05) is 54.4 Å². The van der Waals surface area contributed by atoms with Crippen LogP contribution in [0.5, 0.6) is 0 Å². The van der Waals surface area contributed by atoms with Gasteiger partial charge in [0.05, 0.1) is 17.3 Å². The summed E-state index contributed by atoms with van der Waals surface area (Å²) in [5.74, 6) is -0.00401. The van der Waals surface area contributed by atoms with Crippen LogP contribution in [0.25, 0.3) is 21.7 Å². The van der Waals surface area contributed by atoms with Crippen molar-refractivity contribution in [3.8, 4) is 0 Å². The van der Waals surface area contributed by atoms with Gasteiger partial charge >= 0.3 is 5.97 Å². The molecule has 0 aliphatic rings. The number of nitrogens with one attached hydrogen (secondary N) is 1. The second kappa shape index (κ2) is 9.25. The molecule has 3 aromatic carbocycles. The summed E-state index contributed by atoms with van der Waals surface area (Å²) >= 11 is 12.1. The first kappa shape index (κ1) is 23.4. The first-order chi connectivity index (χ1) is 15.8. The lowest BCUT2D eigenvalue weighted by molar-refractivity contribution is 0.0526. The van der Waals surface area contributed by atoms with E-state index in [9.17, 15) is 13.2 Å². The van der Waals surface area contributed by atoms with Crippen molar-refractivity contribution in [1.82, 2.24) is 0 Å². The van der Waals surface area contributed by atoms with Crippen molar-refractivity contribution in [3.05, 3.63) is 69.9 Å². The molecule has 0 bridgehead atoms. The van der Waals surface area contributed by atoms with Crippen LogP contribution in [0.1, 0.15) is 36.4 Å². The molecule has 9 heteroatoms. The fraction of sp³-hybridized carbons (Fsp3) is 0.208. The van der Waals surface area contributed by atoms with Crippen LogP contribution >= 0.6 is 23.2 Å². The Morgan fingerprint density at radius 2 is 1.76 bits per heavy atom. The van der Waals surface area contributed by atoms with Crippen LogP contribution in [0.15, 0.2) is 57.8 Å². The number of esters is 1. The molecule has 1 aromatic heterocycles. The first-order valence-corrected chi connectivity index (χ1v) is 12.6. The van der Waals surface area contributed by atoms with E-state index in [1.807, 2.05) is 19.1 Å². The second-order valence-electron chi connectivity index (χ2n) is 7.40. The first-order valence-electron chi connectivity index (χ1n) is 10.4. The maximum atomic E-state index is 13.2. The van der Waals surface area contributed by atoms with E-state index in [0.717, 1.165) is 6.42 Å². The highest BCUT2D eigenvalue weighted by atomic mass is 35.5. The van der Waals surface area contributed by atoms with Gasteiger partial charge in [0.2, 0.25) is 0 Å². The lowest BCUT2D eigenvalue weighted by Crippen LogP contribution is -2.14. The normalized spacial score (nSPS) is 11.8.